The molecular weight excluding hydrogens is 290 g/mol. The van der Waals surface area contributed by atoms with E-state index in [9.17, 15) is 8.42 Å². The van der Waals surface area contributed by atoms with Gasteiger partial charge in [-0.05, 0) is 11.6 Å². The van der Waals surface area contributed by atoms with E-state index in [-0.39, 0.29) is 5.41 Å². The van der Waals surface area contributed by atoms with Gasteiger partial charge in [0.1, 0.15) is 0 Å². The highest BCUT2D eigenvalue weighted by Gasteiger charge is 2.50. The van der Waals surface area contributed by atoms with E-state index in [4.69, 9.17) is 4.74 Å². The standard InChI is InChI=1S/C14H21N3O3S/c1-21(18,19)16-9-14-10-17(7-13(14)8-20-11-14)6-12-3-2-4-15-5-12/h2-5,13,16H,6-11H2,1H3/t13-,14+/m1/s1. The van der Waals surface area contributed by atoms with Crippen LogP contribution in [0, 0.1) is 11.3 Å². The van der Waals surface area contributed by atoms with Gasteiger partial charge in [-0.25, -0.2) is 13.1 Å². The third-order valence-electron chi connectivity index (χ3n) is 4.41. The van der Waals surface area contributed by atoms with Gasteiger partial charge in [0, 0.05) is 49.9 Å². The molecule has 0 unspecified atom stereocenters. The third kappa shape index (κ3) is 3.42. The lowest BCUT2D eigenvalue weighted by molar-refractivity contribution is 0.128. The third-order valence-corrected chi connectivity index (χ3v) is 5.08. The molecule has 3 rings (SSSR count). The number of sulfonamides is 1. The molecule has 7 heteroatoms. The molecule has 0 spiro atoms. The predicted molar refractivity (Wildman–Crippen MR) is 79.1 cm³/mol. The largest absolute Gasteiger partial charge is 0.380 e. The van der Waals surface area contributed by atoms with Crippen molar-refractivity contribution in [2.75, 3.05) is 39.1 Å². The number of nitrogens with one attached hydrogen (secondary N) is 1. The van der Waals surface area contributed by atoms with Crippen LogP contribution in [0.5, 0.6) is 0 Å². The van der Waals surface area contributed by atoms with Crippen LogP contribution < -0.4 is 4.72 Å². The fourth-order valence-electron chi connectivity index (χ4n) is 3.34. The van der Waals surface area contributed by atoms with Crippen LogP contribution in [0.1, 0.15) is 5.56 Å². The van der Waals surface area contributed by atoms with Crippen molar-refractivity contribution in [2.45, 2.75) is 6.54 Å². The molecule has 2 saturated heterocycles. The number of hydrogen-bond acceptors (Lipinski definition) is 5. The van der Waals surface area contributed by atoms with Gasteiger partial charge in [-0.3, -0.25) is 9.88 Å². The molecule has 0 saturated carbocycles. The average molecular weight is 311 g/mol. The number of pyridine rings is 1. The normalized spacial score (nSPS) is 29.7. The number of aromatic nitrogens is 1. The lowest BCUT2D eigenvalue weighted by Gasteiger charge is -2.27. The molecule has 116 valence electrons. The Morgan fingerprint density at radius 3 is 3.14 bits per heavy atom. The fourth-order valence-corrected chi connectivity index (χ4v) is 3.89. The first-order valence-corrected chi connectivity index (χ1v) is 9.00. The Bertz CT molecular complexity index is 593. The lowest BCUT2D eigenvalue weighted by Crippen LogP contribution is -2.42. The van der Waals surface area contributed by atoms with Gasteiger partial charge in [0.15, 0.2) is 0 Å². The first-order chi connectivity index (χ1) is 9.97. The van der Waals surface area contributed by atoms with E-state index in [1.54, 1.807) is 6.20 Å². The average Bonchev–Trinajstić information content (AvgIpc) is 2.94. The molecule has 0 aliphatic carbocycles. The van der Waals surface area contributed by atoms with Crippen molar-refractivity contribution in [3.8, 4) is 0 Å². The molecule has 0 bridgehead atoms. The molecule has 2 atom stereocenters. The predicted octanol–water partition coefficient (Wildman–Crippen LogP) is 0.0792. The van der Waals surface area contributed by atoms with Crippen LogP contribution >= 0.6 is 0 Å². The minimum atomic E-state index is -3.17. The highest BCUT2D eigenvalue weighted by Crippen LogP contribution is 2.41. The molecule has 2 fully saturated rings. The summed E-state index contributed by atoms with van der Waals surface area (Å²) in [5, 5.41) is 0. The zero-order valence-corrected chi connectivity index (χ0v) is 13.0. The quantitative estimate of drug-likeness (QED) is 0.834. The molecule has 1 aromatic rings. The summed E-state index contributed by atoms with van der Waals surface area (Å²) in [6, 6.07) is 4.01. The second-order valence-corrected chi connectivity index (χ2v) is 8.03. The summed E-state index contributed by atoms with van der Waals surface area (Å²) in [5.74, 6) is 0.392. The van der Waals surface area contributed by atoms with Gasteiger partial charge in [0.2, 0.25) is 10.0 Å². The number of rotatable bonds is 5. The van der Waals surface area contributed by atoms with Gasteiger partial charge in [-0.15, -0.1) is 0 Å². The van der Waals surface area contributed by atoms with Gasteiger partial charge < -0.3 is 4.74 Å². The molecule has 0 radical (unpaired) electrons. The molecule has 1 N–H and O–H groups in total. The highest BCUT2D eigenvalue weighted by molar-refractivity contribution is 7.88. The monoisotopic (exact) mass is 311 g/mol. The Hall–Kier alpha value is -1.02. The summed E-state index contributed by atoms with van der Waals surface area (Å²) in [6.07, 6.45) is 4.86. The molecule has 0 amide bonds. The Balaban J connectivity index is 1.67. The molecule has 1 aromatic heterocycles. The maximum absolute atomic E-state index is 11.4. The smallest absolute Gasteiger partial charge is 0.208 e. The second-order valence-electron chi connectivity index (χ2n) is 6.20. The fraction of sp³-hybridized carbons (Fsp3) is 0.643. The van der Waals surface area contributed by atoms with E-state index in [0.717, 1.165) is 26.2 Å². The second kappa shape index (κ2) is 5.64. The number of nitrogens with zero attached hydrogens (tertiary/aromatic N) is 2. The molecular formula is C14H21N3O3S. The molecule has 2 aliphatic heterocycles. The summed E-state index contributed by atoms with van der Waals surface area (Å²) in [6.45, 7) is 4.46. The first kappa shape index (κ1) is 14.9. The summed E-state index contributed by atoms with van der Waals surface area (Å²) in [4.78, 5) is 6.51. The van der Waals surface area contributed by atoms with Crippen molar-refractivity contribution in [2.24, 2.45) is 11.3 Å². The maximum Gasteiger partial charge on any atom is 0.208 e. The number of hydrogen-bond donors (Lipinski definition) is 1. The van der Waals surface area contributed by atoms with E-state index >= 15 is 0 Å². The van der Waals surface area contributed by atoms with Gasteiger partial charge in [-0.1, -0.05) is 6.07 Å². The van der Waals surface area contributed by atoms with Crippen molar-refractivity contribution in [1.29, 1.82) is 0 Å². The van der Waals surface area contributed by atoms with Crippen LogP contribution in [0.3, 0.4) is 0 Å². The van der Waals surface area contributed by atoms with Crippen molar-refractivity contribution in [3.05, 3.63) is 30.1 Å². The van der Waals surface area contributed by atoms with Crippen molar-refractivity contribution in [1.82, 2.24) is 14.6 Å². The topological polar surface area (TPSA) is 71.5 Å². The number of fused-ring (bicyclic) bond motifs is 1. The van der Waals surface area contributed by atoms with Crippen molar-refractivity contribution < 1.29 is 13.2 Å². The zero-order valence-electron chi connectivity index (χ0n) is 12.2. The van der Waals surface area contributed by atoms with Crippen LogP contribution in [-0.2, 0) is 21.3 Å². The maximum atomic E-state index is 11.4. The minimum absolute atomic E-state index is 0.0920. The van der Waals surface area contributed by atoms with Crippen molar-refractivity contribution in [3.63, 3.8) is 0 Å². The first-order valence-electron chi connectivity index (χ1n) is 7.11. The zero-order chi connectivity index (χ0) is 14.9. The summed E-state index contributed by atoms with van der Waals surface area (Å²) in [5.41, 5.74) is 1.09. The molecule has 2 aliphatic rings. The van der Waals surface area contributed by atoms with E-state index in [2.05, 4.69) is 20.7 Å². The van der Waals surface area contributed by atoms with E-state index in [1.165, 1.54) is 11.8 Å². The van der Waals surface area contributed by atoms with Crippen LogP contribution in [0.25, 0.3) is 0 Å². The van der Waals surface area contributed by atoms with E-state index in [0.29, 0.717) is 19.1 Å². The highest BCUT2D eigenvalue weighted by atomic mass is 32.2. The summed E-state index contributed by atoms with van der Waals surface area (Å²) >= 11 is 0. The molecule has 21 heavy (non-hydrogen) atoms. The van der Waals surface area contributed by atoms with Crippen LogP contribution in [-0.4, -0.2) is 57.4 Å². The van der Waals surface area contributed by atoms with Crippen LogP contribution in [0.2, 0.25) is 0 Å². The molecule has 0 aromatic carbocycles. The van der Waals surface area contributed by atoms with Crippen molar-refractivity contribution >= 4 is 10.0 Å². The summed E-state index contributed by atoms with van der Waals surface area (Å²) in [7, 11) is -3.17. The van der Waals surface area contributed by atoms with Gasteiger partial charge in [-0.2, -0.15) is 0 Å². The molecule has 6 nitrogen and oxygen atoms in total. The SMILES string of the molecule is CS(=O)(=O)NC[C@]12COC[C@H]1CN(Cc1cccnc1)C2. The minimum Gasteiger partial charge on any atom is -0.380 e. The van der Waals surface area contributed by atoms with E-state index in [1.807, 2.05) is 12.3 Å². The van der Waals surface area contributed by atoms with Crippen LogP contribution in [0.15, 0.2) is 24.5 Å². The Morgan fingerprint density at radius 2 is 2.43 bits per heavy atom. The van der Waals surface area contributed by atoms with Crippen LogP contribution in [0.4, 0.5) is 0 Å². The lowest BCUT2D eigenvalue weighted by atomic mass is 9.81. The number of likely N-dealkylation sites (tertiary alicyclic amines) is 1. The number of ether oxygens (including phenoxy) is 1. The van der Waals surface area contributed by atoms with Gasteiger partial charge in [0.05, 0.1) is 19.5 Å². The van der Waals surface area contributed by atoms with E-state index < -0.39 is 10.0 Å². The van der Waals surface area contributed by atoms with Gasteiger partial charge in [0.25, 0.3) is 0 Å². The summed E-state index contributed by atoms with van der Waals surface area (Å²) < 4.78 is 31.0. The van der Waals surface area contributed by atoms with Gasteiger partial charge >= 0.3 is 0 Å². The Labute approximate surface area is 125 Å². The Kier molecular flexibility index (Phi) is 4.00. The molecule has 3 heterocycles. The Morgan fingerprint density at radius 1 is 1.57 bits per heavy atom.